The molecule has 6 heteroatoms. The number of terminal acetylenes is 1. The van der Waals surface area contributed by atoms with Crippen LogP contribution in [-0.2, 0) is 4.79 Å². The van der Waals surface area contributed by atoms with Gasteiger partial charge in [-0.25, -0.2) is 0 Å². The van der Waals surface area contributed by atoms with Crippen LogP contribution in [0, 0.1) is 12.3 Å². The van der Waals surface area contributed by atoms with Crippen molar-refractivity contribution < 1.29 is 4.79 Å². The number of thioether (sulfide) groups is 1. The van der Waals surface area contributed by atoms with E-state index in [1.54, 1.807) is 0 Å². The van der Waals surface area contributed by atoms with E-state index in [4.69, 9.17) is 6.42 Å². The van der Waals surface area contributed by atoms with E-state index in [-0.39, 0.29) is 17.7 Å². The van der Waals surface area contributed by atoms with Crippen LogP contribution in [-0.4, -0.2) is 32.5 Å². The van der Waals surface area contributed by atoms with Crippen LogP contribution in [0.25, 0.3) is 5.69 Å². The molecule has 5 nitrogen and oxygen atoms in total. The molecule has 2 aromatic rings. The number of benzene rings is 1. The predicted molar refractivity (Wildman–Crippen MR) is 90.5 cm³/mol. The maximum absolute atomic E-state index is 12.0. The van der Waals surface area contributed by atoms with E-state index in [1.165, 1.54) is 11.8 Å². The predicted octanol–water partition coefficient (Wildman–Crippen LogP) is 2.37. The molecular weight excluding hydrogens is 308 g/mol. The fourth-order valence-electron chi connectivity index (χ4n) is 2.28. The molecule has 1 aliphatic rings. The molecule has 0 saturated heterocycles. The van der Waals surface area contributed by atoms with Crippen molar-refractivity contribution in [1.29, 1.82) is 0 Å². The Balaban J connectivity index is 1.85. The Morgan fingerprint density at radius 1 is 1.43 bits per heavy atom. The second-order valence-corrected chi connectivity index (χ2v) is 6.78. The molecule has 23 heavy (non-hydrogen) atoms. The third-order valence-corrected chi connectivity index (χ3v) is 4.67. The fraction of sp³-hybridized carbons (Fsp3) is 0.353. The van der Waals surface area contributed by atoms with Gasteiger partial charge in [-0.2, -0.15) is 0 Å². The summed E-state index contributed by atoms with van der Waals surface area (Å²) in [5.74, 6) is 3.77. The van der Waals surface area contributed by atoms with Crippen LogP contribution in [0.5, 0.6) is 0 Å². The maximum Gasteiger partial charge on any atom is 0.234 e. The van der Waals surface area contributed by atoms with Crippen LogP contribution < -0.4 is 5.32 Å². The number of para-hydroxylation sites is 1. The van der Waals surface area contributed by atoms with Gasteiger partial charge in [-0.05, 0) is 31.9 Å². The molecule has 0 bridgehead atoms. The smallest absolute Gasteiger partial charge is 0.234 e. The number of hydrogen-bond acceptors (Lipinski definition) is 4. The van der Waals surface area contributed by atoms with E-state index in [1.807, 2.05) is 37.3 Å². The lowest BCUT2D eigenvalue weighted by atomic mass is 10.3. The molecule has 1 aromatic heterocycles. The maximum atomic E-state index is 12.0. The summed E-state index contributed by atoms with van der Waals surface area (Å²) in [6.45, 7) is 2.08. The van der Waals surface area contributed by atoms with E-state index in [0.717, 1.165) is 29.5 Å². The van der Waals surface area contributed by atoms with Gasteiger partial charge in [0.15, 0.2) is 5.16 Å². The van der Waals surface area contributed by atoms with E-state index in [9.17, 15) is 4.79 Å². The number of rotatable bonds is 6. The molecule has 1 amide bonds. The Morgan fingerprint density at radius 2 is 2.17 bits per heavy atom. The van der Waals surface area contributed by atoms with Gasteiger partial charge in [-0.3, -0.25) is 9.36 Å². The van der Waals surface area contributed by atoms with Crippen molar-refractivity contribution in [1.82, 2.24) is 20.1 Å². The Bertz CT molecular complexity index is 731. The van der Waals surface area contributed by atoms with E-state index < -0.39 is 0 Å². The van der Waals surface area contributed by atoms with E-state index in [2.05, 4.69) is 26.0 Å². The molecule has 1 fully saturated rings. The molecule has 1 unspecified atom stereocenters. The van der Waals surface area contributed by atoms with Gasteiger partial charge in [0, 0.05) is 11.6 Å². The van der Waals surface area contributed by atoms with Crippen molar-refractivity contribution in [3.63, 3.8) is 0 Å². The normalized spacial score (nSPS) is 15.0. The van der Waals surface area contributed by atoms with Crippen LogP contribution in [0.3, 0.4) is 0 Å². The van der Waals surface area contributed by atoms with E-state index in [0.29, 0.717) is 5.92 Å². The lowest BCUT2D eigenvalue weighted by Crippen LogP contribution is -2.31. The van der Waals surface area contributed by atoms with Gasteiger partial charge in [0.25, 0.3) is 0 Å². The quantitative estimate of drug-likeness (QED) is 0.654. The minimum absolute atomic E-state index is 0.0940. The summed E-state index contributed by atoms with van der Waals surface area (Å²) in [7, 11) is 0. The zero-order valence-corrected chi connectivity index (χ0v) is 13.7. The molecule has 3 rings (SSSR count). The summed E-state index contributed by atoms with van der Waals surface area (Å²) in [6, 6.07) is 10.0. The number of hydrogen-bond donors (Lipinski definition) is 1. The fourth-order valence-corrected chi connectivity index (χ4v) is 3.18. The summed E-state index contributed by atoms with van der Waals surface area (Å²) in [4.78, 5) is 12.0. The van der Waals surface area contributed by atoms with Crippen LogP contribution >= 0.6 is 11.8 Å². The molecule has 1 heterocycles. The number of nitrogens with one attached hydrogen (secondary N) is 1. The Hall–Kier alpha value is -2.26. The molecule has 1 atom stereocenters. The zero-order chi connectivity index (χ0) is 16.2. The van der Waals surface area contributed by atoms with Crippen molar-refractivity contribution in [2.45, 2.75) is 36.1 Å². The minimum Gasteiger partial charge on any atom is -0.344 e. The first-order valence-electron chi connectivity index (χ1n) is 7.59. The molecule has 1 N–H and O–H groups in total. The van der Waals surface area contributed by atoms with Crippen molar-refractivity contribution in [3.8, 4) is 18.0 Å². The lowest BCUT2D eigenvalue weighted by molar-refractivity contribution is -0.120. The van der Waals surface area contributed by atoms with Gasteiger partial charge in [0.05, 0.1) is 11.8 Å². The van der Waals surface area contributed by atoms with Crippen molar-refractivity contribution in [2.24, 2.45) is 0 Å². The Morgan fingerprint density at radius 3 is 2.83 bits per heavy atom. The molecular formula is C17H18N4OS. The Labute approximate surface area is 139 Å². The summed E-state index contributed by atoms with van der Waals surface area (Å²) in [6.07, 6.45) is 7.47. The summed E-state index contributed by atoms with van der Waals surface area (Å²) < 4.78 is 2.06. The Kier molecular flexibility index (Phi) is 4.68. The molecule has 0 radical (unpaired) electrons. The van der Waals surface area contributed by atoms with E-state index >= 15 is 0 Å². The first-order chi connectivity index (χ1) is 11.2. The number of nitrogens with zero attached hydrogens (tertiary/aromatic N) is 3. The van der Waals surface area contributed by atoms with Crippen molar-refractivity contribution in [3.05, 3.63) is 36.2 Å². The molecule has 1 saturated carbocycles. The zero-order valence-electron chi connectivity index (χ0n) is 12.9. The van der Waals surface area contributed by atoms with Crippen LogP contribution in [0.1, 0.15) is 31.5 Å². The van der Waals surface area contributed by atoms with Crippen LogP contribution in [0.4, 0.5) is 0 Å². The van der Waals surface area contributed by atoms with Gasteiger partial charge in [0.1, 0.15) is 5.82 Å². The molecule has 118 valence electrons. The van der Waals surface area contributed by atoms with Crippen molar-refractivity contribution in [2.75, 3.05) is 6.54 Å². The topological polar surface area (TPSA) is 59.8 Å². The summed E-state index contributed by atoms with van der Waals surface area (Å²) >= 11 is 1.40. The number of aromatic nitrogens is 3. The van der Waals surface area contributed by atoms with Gasteiger partial charge in [-0.15, -0.1) is 16.6 Å². The second-order valence-electron chi connectivity index (χ2n) is 5.47. The van der Waals surface area contributed by atoms with Gasteiger partial charge >= 0.3 is 0 Å². The monoisotopic (exact) mass is 326 g/mol. The molecule has 1 aromatic carbocycles. The first-order valence-corrected chi connectivity index (χ1v) is 8.47. The van der Waals surface area contributed by atoms with Gasteiger partial charge < -0.3 is 5.32 Å². The average molecular weight is 326 g/mol. The van der Waals surface area contributed by atoms with Crippen LogP contribution in [0.2, 0.25) is 0 Å². The average Bonchev–Trinajstić information content (AvgIpc) is 3.34. The second kappa shape index (κ2) is 6.88. The number of carbonyl (C=O) groups excluding carboxylic acids is 1. The largest absolute Gasteiger partial charge is 0.344 e. The molecule has 0 spiro atoms. The third kappa shape index (κ3) is 3.57. The summed E-state index contributed by atoms with van der Waals surface area (Å²) in [5, 5.41) is 11.8. The first kappa shape index (κ1) is 15.6. The number of carbonyl (C=O) groups is 1. The van der Waals surface area contributed by atoms with Crippen LogP contribution in [0.15, 0.2) is 35.5 Å². The highest BCUT2D eigenvalue weighted by atomic mass is 32.2. The highest BCUT2D eigenvalue weighted by Gasteiger charge is 2.31. The van der Waals surface area contributed by atoms with Crippen molar-refractivity contribution >= 4 is 17.7 Å². The third-order valence-electron chi connectivity index (χ3n) is 3.63. The number of amides is 1. The molecule has 1 aliphatic carbocycles. The highest BCUT2D eigenvalue weighted by molar-refractivity contribution is 8.00. The lowest BCUT2D eigenvalue weighted by Gasteiger charge is -2.13. The minimum atomic E-state index is -0.290. The van der Waals surface area contributed by atoms with Gasteiger partial charge in [-0.1, -0.05) is 35.9 Å². The summed E-state index contributed by atoms with van der Waals surface area (Å²) in [5.41, 5.74) is 1.03. The SMILES string of the molecule is C#CCNC(=O)C(C)Sc1nnc(C2CC2)n1-c1ccccc1. The standard InChI is InChI=1S/C17H18N4OS/c1-3-11-18-16(22)12(2)23-17-20-19-15(13-9-10-13)21(17)14-7-5-4-6-8-14/h1,4-8,12-13H,9-11H2,2H3,(H,18,22). The molecule has 0 aliphatic heterocycles. The van der Waals surface area contributed by atoms with Gasteiger partial charge in [0.2, 0.25) is 5.91 Å². The highest BCUT2D eigenvalue weighted by Crippen LogP contribution is 2.41.